The molecule has 0 aliphatic carbocycles. The quantitative estimate of drug-likeness (QED) is 0.0337. The fraction of sp³-hybridized carbons (Fsp3) is 0.0388. The molecule has 0 aliphatic rings. The molecule has 41 heteroatoms. The fourth-order valence-corrected chi connectivity index (χ4v) is 15.8. The summed E-state index contributed by atoms with van der Waals surface area (Å²) >= 11 is 0. The van der Waals surface area contributed by atoms with Gasteiger partial charge in [-0.05, 0) is 165 Å². The van der Waals surface area contributed by atoms with Crippen LogP contribution < -0.4 is 42.5 Å². The topological polar surface area (TPSA) is 530 Å². The lowest BCUT2D eigenvalue weighted by Gasteiger charge is -2.06. The molecule has 0 bridgehead atoms. The molecule has 144 heavy (non-hydrogen) atoms. The van der Waals surface area contributed by atoms with Crippen LogP contribution in [-0.4, -0.2) is 168 Å². The monoisotopic (exact) mass is 1900 g/mol. The van der Waals surface area contributed by atoms with Crippen molar-refractivity contribution in [1.29, 1.82) is 0 Å². The molecule has 17 heterocycles. The number of pyridine rings is 3. The molecule has 0 fully saturated rings. The third-order valence-electron chi connectivity index (χ3n) is 22.7. The standard InChI is InChI=1S/C27H22N8O.C26H21N9O.2C25H20N10O/c1-17-15-35(16-29-17)26-21-13-23(31-22(21)11-12-28-26)19-7-9-20(10-8-19)30-27(36)32-25-14-24(33-34-25)18-5-3-2-4-6-18;1-16-13-35(15-29-16)25-20-11-21(31-24(20)27-14-28-25)18-7-9-19(10-8-18)30-26(36)32-23-12-22(33-34-23)17-5-3-2-4-6-17;1-15-13-35(14-28-15)24-22-19(8-11-27-24)30-23(32-22)17-2-4-18(5-3-17)29-25(36)31-21-12-20(33-34-21)16-6-9-26-10-7-16;1-15-12-35(14-28-15)24-21-23(26-13-27-24)32-22(31-21)17-7-9-18(10-8-17)29-25(36)30-20-11-19(33-34-20)16-5-3-2-4-6-16/h2-16,31H,1H3,(H3,30,32,33,34,36);2-15H,1H3,(H,27,28,31)(H3,30,32,33,34,36);2-14H,1H3,(H,30,32)(H3,29,31,33,34,36);2-14H,1H3,(H,26,27,31,32)(H3,29,30,33,34,36). The van der Waals surface area contributed by atoms with Crippen LogP contribution in [0.4, 0.5) is 65.2 Å². The van der Waals surface area contributed by atoms with Crippen molar-refractivity contribution in [2.75, 3.05) is 42.5 Å². The van der Waals surface area contributed by atoms with Crippen LogP contribution in [-0.2, 0) is 0 Å². The summed E-state index contributed by atoms with van der Waals surface area (Å²) < 4.78 is 7.48. The van der Waals surface area contributed by atoms with Crippen molar-refractivity contribution >= 4 is 114 Å². The van der Waals surface area contributed by atoms with Crippen molar-refractivity contribution in [3.63, 3.8) is 0 Å². The van der Waals surface area contributed by atoms with Crippen molar-refractivity contribution in [3.05, 3.63) is 359 Å². The third kappa shape index (κ3) is 20.6. The highest BCUT2D eigenvalue weighted by Crippen LogP contribution is 2.34. The highest BCUT2D eigenvalue weighted by molar-refractivity contribution is 6.03. The van der Waals surface area contributed by atoms with Crippen LogP contribution in [0.2, 0.25) is 0 Å². The summed E-state index contributed by atoms with van der Waals surface area (Å²) in [6, 6.07) is 76.4. The first-order valence-electron chi connectivity index (χ1n) is 44.9. The number of carbonyl (C=O) groups is 4. The van der Waals surface area contributed by atoms with Gasteiger partial charge in [0.15, 0.2) is 46.4 Å². The van der Waals surface area contributed by atoms with Gasteiger partial charge in [-0.1, -0.05) is 115 Å². The van der Waals surface area contributed by atoms with Crippen LogP contribution in [0.25, 0.3) is 158 Å². The lowest BCUT2D eigenvalue weighted by molar-refractivity contribution is 0.261. The number of nitrogens with zero attached hydrogens (tertiary/aromatic N) is 21. The Bertz CT molecular complexity index is 7660. The van der Waals surface area contributed by atoms with Crippen molar-refractivity contribution in [2.45, 2.75) is 27.7 Å². The van der Waals surface area contributed by atoms with E-state index in [2.05, 4.69) is 169 Å². The SMILES string of the molecule is Cc1cn(-c2nccc3[nH]c(-c4ccc(NC(=O)Nc5cc(-c6ccccc6)[nH]n5)cc4)cc23)cn1.Cc1cn(-c2nccc3[nH]c(-c4ccc(NC(=O)Nc5cc(-c6ccncc6)[nH]n5)cc4)nc23)cn1.Cc1cn(-c2ncnc3[nH]c(-c4ccc(NC(=O)Nc5cc(-c6ccccc6)[nH]n5)cc4)cc23)cn1.Cc1cn(-c2ncnc3nc(-c4ccc(NC(=O)Nc5cc(-c6ccccc6)[nH]n5)cc4)[nH]c23)cn1. The number of hydrogen-bond acceptors (Lipinski definition) is 21. The van der Waals surface area contributed by atoms with Crippen LogP contribution in [0.3, 0.4) is 0 Å². The second-order valence-corrected chi connectivity index (χ2v) is 32.8. The largest absolute Gasteiger partial charge is 0.354 e. The molecular weight excluding hydrogens is 1820 g/mol. The Morgan fingerprint density at radius 1 is 0.278 bits per heavy atom. The molecule has 0 saturated heterocycles. The predicted octanol–water partition coefficient (Wildman–Crippen LogP) is 20.0. The number of amides is 8. The van der Waals surface area contributed by atoms with Crippen LogP contribution >= 0.6 is 0 Å². The summed E-state index contributed by atoms with van der Waals surface area (Å²) in [6.07, 6.45) is 24.5. The molecule has 0 radical (unpaired) electrons. The van der Waals surface area contributed by atoms with Crippen molar-refractivity contribution in [1.82, 2.24) is 144 Å². The number of urea groups is 4. The number of nitrogens with one attached hydrogen (secondary N) is 16. The van der Waals surface area contributed by atoms with E-state index >= 15 is 0 Å². The average molecular weight is 1900 g/mol. The molecule has 704 valence electrons. The Morgan fingerprint density at radius 3 is 1.06 bits per heavy atom. The van der Waals surface area contributed by atoms with Gasteiger partial charge in [-0.25, -0.2) is 79.0 Å². The zero-order valence-electron chi connectivity index (χ0n) is 76.8. The molecule has 41 nitrogen and oxygen atoms in total. The summed E-state index contributed by atoms with van der Waals surface area (Å²) in [4.78, 5) is 120. The van der Waals surface area contributed by atoms with Crippen LogP contribution in [0.15, 0.2) is 336 Å². The summed E-state index contributed by atoms with van der Waals surface area (Å²) in [5.41, 5.74) is 23.5. The Balaban J connectivity index is 0.000000113. The number of aryl methyl sites for hydroxylation is 4. The first-order valence-corrected chi connectivity index (χ1v) is 44.9. The molecule has 0 unspecified atom stereocenters. The van der Waals surface area contributed by atoms with Gasteiger partial charge in [0.05, 0.1) is 62.0 Å². The van der Waals surface area contributed by atoms with Crippen LogP contribution in [0, 0.1) is 27.7 Å². The molecular formula is C103H83N37O4. The summed E-state index contributed by atoms with van der Waals surface area (Å²) in [6.45, 7) is 7.73. The summed E-state index contributed by atoms with van der Waals surface area (Å²) in [5, 5.41) is 52.5. The molecule has 24 rings (SSSR count). The maximum atomic E-state index is 12.5. The second kappa shape index (κ2) is 40.1. The molecule has 7 aromatic carbocycles. The van der Waals surface area contributed by atoms with E-state index in [0.717, 1.165) is 146 Å². The summed E-state index contributed by atoms with van der Waals surface area (Å²) in [5.74, 6) is 6.01. The minimum atomic E-state index is -0.398. The number of aromatic amines is 8. The van der Waals surface area contributed by atoms with E-state index in [9.17, 15) is 19.2 Å². The van der Waals surface area contributed by atoms with E-state index in [-0.39, 0.29) is 12.1 Å². The number of H-pyrrole nitrogens is 8. The number of rotatable bonds is 20. The average Bonchev–Trinajstić information content (AvgIpc) is 1.65. The Labute approximate surface area is 815 Å². The Morgan fingerprint density at radius 2 is 0.632 bits per heavy atom. The van der Waals surface area contributed by atoms with E-state index in [1.165, 1.54) is 12.7 Å². The van der Waals surface area contributed by atoms with E-state index in [4.69, 9.17) is 4.98 Å². The molecule has 16 N–H and O–H groups in total. The van der Waals surface area contributed by atoms with Gasteiger partial charge < -0.3 is 41.2 Å². The minimum Gasteiger partial charge on any atom is -0.354 e. The highest BCUT2D eigenvalue weighted by atomic mass is 16.2. The van der Waals surface area contributed by atoms with Gasteiger partial charge in [0, 0.05) is 130 Å². The van der Waals surface area contributed by atoms with Gasteiger partial charge >= 0.3 is 24.1 Å². The van der Waals surface area contributed by atoms with Crippen molar-refractivity contribution in [2.24, 2.45) is 0 Å². The first kappa shape index (κ1) is 89.5. The van der Waals surface area contributed by atoms with Gasteiger partial charge in [-0.15, -0.1) is 0 Å². The Hall–Kier alpha value is -21.1. The maximum Gasteiger partial charge on any atom is 0.324 e. The van der Waals surface area contributed by atoms with Crippen LogP contribution in [0.1, 0.15) is 22.8 Å². The van der Waals surface area contributed by atoms with Crippen LogP contribution in [0.5, 0.6) is 0 Å². The number of fused-ring (bicyclic) bond motifs is 4. The fourth-order valence-electron chi connectivity index (χ4n) is 15.8. The molecule has 0 aliphatic heterocycles. The number of carbonyl (C=O) groups excluding carboxylic acids is 4. The number of hydrogen-bond donors (Lipinski definition) is 16. The molecule has 17 aromatic heterocycles. The van der Waals surface area contributed by atoms with Gasteiger partial charge in [0.2, 0.25) is 0 Å². The number of benzene rings is 7. The third-order valence-corrected chi connectivity index (χ3v) is 22.7. The van der Waals surface area contributed by atoms with Gasteiger partial charge in [-0.2, -0.15) is 20.4 Å². The zero-order valence-corrected chi connectivity index (χ0v) is 76.8. The van der Waals surface area contributed by atoms with Crippen molar-refractivity contribution < 1.29 is 19.2 Å². The maximum absolute atomic E-state index is 12.5. The number of anilines is 8. The second-order valence-electron chi connectivity index (χ2n) is 32.8. The Kier molecular flexibility index (Phi) is 24.9. The van der Waals surface area contributed by atoms with E-state index < -0.39 is 12.1 Å². The van der Waals surface area contributed by atoms with Gasteiger partial charge in [0.25, 0.3) is 0 Å². The van der Waals surface area contributed by atoms with E-state index in [1.54, 1.807) is 86.5 Å². The highest BCUT2D eigenvalue weighted by Gasteiger charge is 2.21. The lowest BCUT2D eigenvalue weighted by atomic mass is 10.1. The molecule has 0 spiro atoms. The smallest absolute Gasteiger partial charge is 0.324 e. The van der Waals surface area contributed by atoms with Crippen molar-refractivity contribution in [3.8, 4) is 114 Å². The molecule has 8 amide bonds. The van der Waals surface area contributed by atoms with E-state index in [1.807, 2.05) is 277 Å². The first-order chi connectivity index (χ1) is 70.5. The van der Waals surface area contributed by atoms with E-state index in [0.29, 0.717) is 80.5 Å². The lowest BCUT2D eigenvalue weighted by Crippen LogP contribution is -2.19. The molecule has 0 atom stereocenters. The zero-order chi connectivity index (χ0) is 97.9. The molecule has 24 aromatic rings. The van der Waals surface area contributed by atoms with Gasteiger partial charge in [0.1, 0.15) is 72.1 Å². The minimum absolute atomic E-state index is 0.370. The summed E-state index contributed by atoms with van der Waals surface area (Å²) in [7, 11) is 0. The number of imidazole rings is 6. The van der Waals surface area contributed by atoms with Gasteiger partial charge in [-0.3, -0.25) is 64.9 Å². The number of aromatic nitrogens is 29. The normalized spacial score (nSPS) is 11.0. The molecule has 0 saturated carbocycles. The predicted molar refractivity (Wildman–Crippen MR) is 549 cm³/mol.